The van der Waals surface area contributed by atoms with Crippen LogP contribution in [0.2, 0.25) is 5.02 Å². The van der Waals surface area contributed by atoms with Crippen molar-refractivity contribution in [2.75, 3.05) is 13.7 Å². The number of quaternary nitrogens is 1. The molecule has 2 aromatic carbocycles. The van der Waals surface area contributed by atoms with Gasteiger partial charge in [0.1, 0.15) is 16.5 Å². The molecule has 0 heterocycles. The fourth-order valence-electron chi connectivity index (χ4n) is 2.33. The fourth-order valence-corrected chi connectivity index (χ4v) is 2.96. The van der Waals surface area contributed by atoms with Crippen LogP contribution in [-0.4, -0.2) is 19.6 Å². The topological polar surface area (TPSA) is 26.3 Å². The number of hydrogen-bond acceptors (Lipinski definition) is 2. The van der Waals surface area contributed by atoms with Crippen molar-refractivity contribution in [2.24, 2.45) is 0 Å². The van der Waals surface area contributed by atoms with Crippen LogP contribution in [0.25, 0.3) is 0 Å². The molecule has 2 rings (SSSR count). The summed E-state index contributed by atoms with van der Waals surface area (Å²) in [6.07, 6.45) is 0. The summed E-state index contributed by atoms with van der Waals surface area (Å²) in [4.78, 5) is 12.4. The number of hydrogen-bond donors (Lipinski definition) is 0. The van der Waals surface area contributed by atoms with Crippen LogP contribution in [0.15, 0.2) is 46.9 Å². The molecule has 0 N–H and O–H groups in total. The van der Waals surface area contributed by atoms with Crippen LogP contribution in [0.4, 0.5) is 11.4 Å². The molecule has 5 heteroatoms. The lowest BCUT2D eigenvalue weighted by Gasteiger charge is -2.30. The molecule has 0 fully saturated rings. The lowest BCUT2D eigenvalue weighted by molar-refractivity contribution is -0.124. The Kier molecular flexibility index (Phi) is 5.27. The van der Waals surface area contributed by atoms with Crippen molar-refractivity contribution in [3.8, 4) is 5.75 Å². The highest BCUT2D eigenvalue weighted by Gasteiger charge is 2.36. The van der Waals surface area contributed by atoms with Crippen LogP contribution in [-0.2, 0) is 4.79 Å². The molecule has 0 bridgehead atoms. The lowest BCUT2D eigenvalue weighted by atomic mass is 10.1. The Hall–Kier alpha value is -1.36. The Bertz CT molecular complexity index is 688. The van der Waals surface area contributed by atoms with Gasteiger partial charge in [-0.2, -0.15) is 4.48 Å². The molecule has 0 aliphatic rings. The first-order valence-corrected chi connectivity index (χ1v) is 8.13. The molecular formula is C17H18BrClNO2+. The zero-order chi connectivity index (χ0) is 16.3. The van der Waals surface area contributed by atoms with Gasteiger partial charge in [-0.15, -0.1) is 0 Å². The van der Waals surface area contributed by atoms with E-state index in [1.54, 1.807) is 13.0 Å². The maximum atomic E-state index is 12.4. The number of amides is 1. The quantitative estimate of drug-likeness (QED) is 0.668. The van der Waals surface area contributed by atoms with Crippen molar-refractivity contribution < 1.29 is 9.53 Å². The maximum absolute atomic E-state index is 12.4. The summed E-state index contributed by atoms with van der Waals surface area (Å²) in [7, 11) is 1.84. The molecule has 1 amide bonds. The molecule has 22 heavy (non-hydrogen) atoms. The normalized spacial score (nSPS) is 13.5. The molecule has 0 saturated heterocycles. The first-order valence-electron chi connectivity index (χ1n) is 6.96. The average Bonchev–Trinajstić information content (AvgIpc) is 2.50. The van der Waals surface area contributed by atoms with Crippen LogP contribution in [0.5, 0.6) is 5.75 Å². The minimum atomic E-state index is -0.0239. The van der Waals surface area contributed by atoms with Gasteiger partial charge >= 0.3 is 5.91 Å². The molecule has 0 aromatic heterocycles. The van der Waals surface area contributed by atoms with Crippen molar-refractivity contribution in [3.63, 3.8) is 0 Å². The highest BCUT2D eigenvalue weighted by molar-refractivity contribution is 9.10. The third kappa shape index (κ3) is 3.19. The van der Waals surface area contributed by atoms with Crippen LogP contribution < -0.4 is 9.22 Å². The van der Waals surface area contributed by atoms with Gasteiger partial charge in [0.05, 0.1) is 20.6 Å². The van der Waals surface area contributed by atoms with Gasteiger partial charge in [0.2, 0.25) is 0 Å². The summed E-state index contributed by atoms with van der Waals surface area (Å²) in [5.74, 6) is 0.755. The van der Waals surface area contributed by atoms with Crippen molar-refractivity contribution in [1.82, 2.24) is 4.48 Å². The Labute approximate surface area is 144 Å². The van der Waals surface area contributed by atoms with Gasteiger partial charge in [0.25, 0.3) is 0 Å². The second-order valence-corrected chi connectivity index (χ2v) is 6.37. The molecule has 0 aliphatic carbocycles. The highest BCUT2D eigenvalue weighted by atomic mass is 79.9. The van der Waals surface area contributed by atoms with Gasteiger partial charge in [-0.3, -0.25) is 0 Å². The first kappa shape index (κ1) is 17.0. The summed E-state index contributed by atoms with van der Waals surface area (Å²) < 4.78 is 6.33. The van der Waals surface area contributed by atoms with E-state index in [2.05, 4.69) is 15.9 Å². The summed E-state index contributed by atoms with van der Waals surface area (Å²) in [5, 5.41) is 0.551. The standard InChI is InChI=1S/C17H18BrClNO2/c1-4-22-15-8-6-14(7-9-15)20(3,12(2)21)17-11-13(18)5-10-16(17)19/h5-11H,4H2,1-3H3/q+1. The van der Waals surface area contributed by atoms with Gasteiger partial charge in [-0.1, -0.05) is 27.5 Å². The Balaban J connectivity index is 2.57. The van der Waals surface area contributed by atoms with Crippen LogP contribution in [0, 0.1) is 0 Å². The van der Waals surface area contributed by atoms with E-state index in [0.717, 1.165) is 21.6 Å². The monoisotopic (exact) mass is 382 g/mol. The smallest absolute Gasteiger partial charge is 0.320 e. The fraction of sp³-hybridized carbons (Fsp3) is 0.235. The zero-order valence-corrected chi connectivity index (χ0v) is 15.1. The summed E-state index contributed by atoms with van der Waals surface area (Å²) in [5.41, 5.74) is 1.56. The molecular weight excluding hydrogens is 366 g/mol. The number of carbonyl (C=O) groups is 1. The molecule has 3 nitrogen and oxygen atoms in total. The number of carbonyl (C=O) groups excluding carboxylic acids is 1. The Morgan fingerprint density at radius 3 is 2.41 bits per heavy atom. The highest BCUT2D eigenvalue weighted by Crippen LogP contribution is 2.40. The van der Waals surface area contributed by atoms with Crippen molar-refractivity contribution in [3.05, 3.63) is 52.0 Å². The maximum Gasteiger partial charge on any atom is 0.320 e. The predicted molar refractivity (Wildman–Crippen MR) is 94.8 cm³/mol. The number of ether oxygens (including phenoxy) is 1. The van der Waals surface area contributed by atoms with Gasteiger partial charge in [0.15, 0.2) is 5.69 Å². The largest absolute Gasteiger partial charge is 0.494 e. The second-order valence-electron chi connectivity index (χ2n) is 5.05. The lowest BCUT2D eigenvalue weighted by Crippen LogP contribution is -2.44. The molecule has 1 atom stereocenters. The van der Waals surface area contributed by atoms with Gasteiger partial charge in [-0.25, -0.2) is 4.79 Å². The second kappa shape index (κ2) is 6.82. The van der Waals surface area contributed by atoms with Gasteiger partial charge in [0, 0.05) is 22.7 Å². The number of rotatable bonds is 4. The van der Waals surface area contributed by atoms with Crippen molar-refractivity contribution in [1.29, 1.82) is 0 Å². The molecule has 0 radical (unpaired) electrons. The predicted octanol–water partition coefficient (Wildman–Crippen LogP) is 5.32. The number of benzene rings is 2. The van der Waals surface area contributed by atoms with Crippen molar-refractivity contribution in [2.45, 2.75) is 13.8 Å². The summed E-state index contributed by atoms with van der Waals surface area (Å²) in [6, 6.07) is 13.0. The van der Waals surface area contributed by atoms with E-state index < -0.39 is 0 Å². The van der Waals surface area contributed by atoms with E-state index in [-0.39, 0.29) is 10.4 Å². The Morgan fingerprint density at radius 1 is 1.23 bits per heavy atom. The molecule has 0 saturated carbocycles. The minimum absolute atomic E-state index is 0.00925. The van der Waals surface area contributed by atoms with Crippen LogP contribution in [0.1, 0.15) is 13.8 Å². The van der Waals surface area contributed by atoms with E-state index in [0.29, 0.717) is 11.6 Å². The first-order chi connectivity index (χ1) is 10.4. The van der Waals surface area contributed by atoms with Crippen LogP contribution in [0.3, 0.4) is 0 Å². The third-order valence-corrected chi connectivity index (χ3v) is 4.50. The molecule has 0 spiro atoms. The summed E-state index contributed by atoms with van der Waals surface area (Å²) in [6.45, 7) is 4.11. The summed E-state index contributed by atoms with van der Waals surface area (Å²) >= 11 is 9.78. The van der Waals surface area contributed by atoms with Crippen molar-refractivity contribution >= 4 is 44.8 Å². The van der Waals surface area contributed by atoms with Gasteiger partial charge in [-0.05, 0) is 31.2 Å². The molecule has 0 aliphatic heterocycles. The third-order valence-electron chi connectivity index (χ3n) is 3.68. The molecule has 116 valence electrons. The molecule has 1 unspecified atom stereocenters. The average molecular weight is 384 g/mol. The number of nitrogens with zero attached hydrogens (tertiary/aromatic N) is 1. The van der Waals surface area contributed by atoms with Crippen LogP contribution >= 0.6 is 27.5 Å². The van der Waals surface area contributed by atoms with E-state index in [1.807, 2.05) is 50.4 Å². The Morgan fingerprint density at radius 2 is 1.86 bits per heavy atom. The molecule has 2 aromatic rings. The van der Waals surface area contributed by atoms with E-state index >= 15 is 0 Å². The SMILES string of the molecule is CCOc1ccc([N+](C)(C(C)=O)c2cc(Br)ccc2Cl)cc1. The minimum Gasteiger partial charge on any atom is -0.494 e. The van der Waals surface area contributed by atoms with Gasteiger partial charge < -0.3 is 4.74 Å². The number of halogens is 2. The van der Waals surface area contributed by atoms with E-state index in [4.69, 9.17) is 16.3 Å². The van der Waals surface area contributed by atoms with E-state index in [1.165, 1.54) is 0 Å². The zero-order valence-electron chi connectivity index (χ0n) is 12.8. The van der Waals surface area contributed by atoms with E-state index in [9.17, 15) is 4.79 Å².